The zero-order chi connectivity index (χ0) is 65.6. The van der Waals surface area contributed by atoms with Gasteiger partial charge in [0, 0.05) is 33.9 Å². The molecule has 97 heavy (non-hydrogen) atoms. The van der Waals surface area contributed by atoms with E-state index in [0.717, 1.165) is 95.8 Å². The zero-order valence-electron chi connectivity index (χ0n) is 56.3. The molecule has 1 spiro atoms. The van der Waals surface area contributed by atoms with Crippen molar-refractivity contribution in [3.63, 3.8) is 0 Å². The Morgan fingerprint density at radius 2 is 0.680 bits per heavy atom. The summed E-state index contributed by atoms with van der Waals surface area (Å²) in [4.78, 5) is 5.28. The van der Waals surface area contributed by atoms with Crippen LogP contribution >= 0.6 is 0 Å². The lowest BCUT2D eigenvalue weighted by Crippen LogP contribution is -2.63. The summed E-state index contributed by atoms with van der Waals surface area (Å²) >= 11 is 0. The Kier molecular flexibility index (Phi) is 12.2. The Hall–Kier alpha value is -10.8. The lowest BCUT2D eigenvalue weighted by molar-refractivity contribution is 0.483. The van der Waals surface area contributed by atoms with E-state index in [2.05, 4.69) is 345 Å². The van der Waals surface area contributed by atoms with Crippen LogP contribution in [0.2, 0.25) is 0 Å². The van der Waals surface area contributed by atoms with E-state index in [1.54, 1.807) is 0 Å². The van der Waals surface area contributed by atoms with Gasteiger partial charge in [-0.1, -0.05) is 269 Å². The second-order valence-electron chi connectivity index (χ2n) is 30.7. The minimum atomic E-state index is -0.591. The maximum absolute atomic E-state index is 7.60. The van der Waals surface area contributed by atoms with E-state index < -0.39 is 5.41 Å². The first-order chi connectivity index (χ1) is 47.0. The summed E-state index contributed by atoms with van der Waals surface area (Å²) in [5.41, 5.74) is 33.7. The van der Waals surface area contributed by atoms with E-state index in [1.807, 2.05) is 0 Å². The monoisotopic (exact) mass is 1250 g/mol. The van der Waals surface area contributed by atoms with Gasteiger partial charge in [0.1, 0.15) is 23.0 Å². The van der Waals surface area contributed by atoms with E-state index in [0.29, 0.717) is 0 Å². The standard InChI is InChI=1S/C91H72B2N2O2/c1-88(2,3)58-43-45-75(66(49-58)55-27-12-10-13-28-55)94-77-54-78-74(93-72-40-23-25-42-82(72)97-84-52-60(90(7,8)9)51-80(87(84)93)95(78)76-46-44-59(89(4,5)6)50-67(76)56-29-14-11-15-30-56)53-73(77)92-71-39-22-24-41-81(71)96-83-48-57(47-79(94)86(83)92)61-34-26-35-65-64-33-18-21-38-70(64)91(85(61)65)68-36-19-16-31-62(68)63-32-17-20-37-69(63)91/h10-54H,1-9H3. The molecule has 4 nitrogen and oxygen atoms in total. The second-order valence-corrected chi connectivity index (χ2v) is 30.7. The van der Waals surface area contributed by atoms with Gasteiger partial charge in [0.05, 0.1) is 16.8 Å². The number of rotatable bonds is 5. The third-order valence-corrected chi connectivity index (χ3v) is 22.0. The van der Waals surface area contributed by atoms with Gasteiger partial charge < -0.3 is 19.3 Å². The molecule has 0 saturated heterocycles. The van der Waals surface area contributed by atoms with Gasteiger partial charge in [-0.15, -0.1) is 0 Å². The summed E-state index contributed by atoms with van der Waals surface area (Å²) in [6, 6.07) is 104. The van der Waals surface area contributed by atoms with Crippen LogP contribution in [0, 0.1) is 0 Å². The summed E-state index contributed by atoms with van der Waals surface area (Å²) < 4.78 is 14.9. The summed E-state index contributed by atoms with van der Waals surface area (Å²) in [6.07, 6.45) is 0. The van der Waals surface area contributed by atoms with Gasteiger partial charge in [0.15, 0.2) is 0 Å². The Labute approximate surface area is 570 Å². The van der Waals surface area contributed by atoms with Crippen molar-refractivity contribution in [3.05, 3.63) is 312 Å². The minimum absolute atomic E-state index is 0.115. The summed E-state index contributed by atoms with van der Waals surface area (Å²) in [7, 11) is 0. The molecule has 13 aromatic rings. The quantitative estimate of drug-likeness (QED) is 0.160. The number of hydrogen-bond acceptors (Lipinski definition) is 4. The fraction of sp³-hybridized carbons (Fsp3) is 0.143. The fourth-order valence-corrected chi connectivity index (χ4v) is 17.5. The Bertz CT molecular complexity index is 5450. The molecule has 0 unspecified atom stereocenters. The zero-order valence-corrected chi connectivity index (χ0v) is 56.3. The molecule has 4 aliphatic heterocycles. The molecule has 0 bridgehead atoms. The number of fused-ring (bicyclic) bond motifs is 18. The number of benzene rings is 13. The van der Waals surface area contributed by atoms with Gasteiger partial charge >= 0.3 is 0 Å². The predicted octanol–water partition coefficient (Wildman–Crippen LogP) is 19.7. The molecular weight excluding hydrogens is 1170 g/mol. The van der Waals surface area contributed by atoms with Crippen LogP contribution in [0.25, 0.3) is 55.6 Å². The predicted molar refractivity (Wildman–Crippen MR) is 407 cm³/mol. The Morgan fingerprint density at radius 3 is 1.18 bits per heavy atom. The SMILES string of the molecule is CC(C)(C)c1ccc(N2c3cc4c(cc3B3c5ccccc5Oc5cc(-c6cccc7c6C6(c8ccccc8-c8ccccc86)c6ccccc6-7)cc2c53)B2c3ccccc3Oc3cc(C(C)(C)C)cc(c32)N4c2ccc(C(C)(C)C)cc2-c2ccccc2)c(-c2ccccc2)c1. The summed E-state index contributed by atoms with van der Waals surface area (Å²) in [5.74, 6) is 3.52. The van der Waals surface area contributed by atoms with Gasteiger partial charge in [0.25, 0.3) is 13.4 Å². The normalized spacial score (nSPS) is 14.4. The van der Waals surface area contributed by atoms with Crippen molar-refractivity contribution in [1.29, 1.82) is 0 Å². The molecule has 464 valence electrons. The molecule has 6 heteroatoms. The first-order valence-electron chi connectivity index (χ1n) is 34.5. The first-order valence-corrected chi connectivity index (χ1v) is 34.5. The average Bonchev–Trinajstić information content (AvgIpc) is 1.52. The largest absolute Gasteiger partial charge is 0.458 e. The molecule has 2 aliphatic carbocycles. The van der Waals surface area contributed by atoms with E-state index in [4.69, 9.17) is 9.47 Å². The van der Waals surface area contributed by atoms with Crippen molar-refractivity contribution < 1.29 is 9.47 Å². The number of anilines is 6. The molecule has 0 fully saturated rings. The average molecular weight is 1250 g/mol. The topological polar surface area (TPSA) is 24.9 Å². The molecule has 13 aromatic carbocycles. The highest BCUT2D eigenvalue weighted by atomic mass is 16.5. The van der Waals surface area contributed by atoms with Crippen LogP contribution in [0.4, 0.5) is 34.1 Å². The van der Waals surface area contributed by atoms with Gasteiger partial charge in [-0.2, -0.15) is 0 Å². The van der Waals surface area contributed by atoms with Gasteiger partial charge in [-0.25, -0.2) is 0 Å². The third-order valence-electron chi connectivity index (χ3n) is 22.0. The highest BCUT2D eigenvalue weighted by Gasteiger charge is 2.54. The van der Waals surface area contributed by atoms with E-state index in [1.165, 1.54) is 88.7 Å². The van der Waals surface area contributed by atoms with Gasteiger partial charge in [-0.05, 0) is 199 Å². The molecule has 6 aliphatic rings. The smallest absolute Gasteiger partial charge is 0.256 e. The number of ether oxygens (including phenoxy) is 2. The molecule has 0 atom stereocenters. The molecule has 0 radical (unpaired) electrons. The van der Waals surface area contributed by atoms with Crippen LogP contribution in [-0.2, 0) is 21.7 Å². The van der Waals surface area contributed by atoms with Crippen LogP contribution in [0.5, 0.6) is 23.0 Å². The summed E-state index contributed by atoms with van der Waals surface area (Å²) in [6.45, 7) is 20.6. The van der Waals surface area contributed by atoms with Crippen LogP contribution in [0.1, 0.15) is 101 Å². The lowest BCUT2D eigenvalue weighted by atomic mass is 9.30. The lowest BCUT2D eigenvalue weighted by Gasteiger charge is -2.45. The van der Waals surface area contributed by atoms with Crippen molar-refractivity contribution in [2.45, 2.75) is 84.0 Å². The number of hydrogen-bond donors (Lipinski definition) is 0. The Balaban J connectivity index is 0.957. The molecule has 0 amide bonds. The Morgan fingerprint density at radius 1 is 0.268 bits per heavy atom. The third kappa shape index (κ3) is 8.32. The second kappa shape index (κ2) is 20.6. The van der Waals surface area contributed by atoms with Crippen LogP contribution in [-0.4, -0.2) is 13.4 Å². The summed E-state index contributed by atoms with van der Waals surface area (Å²) in [5, 5.41) is 0. The van der Waals surface area contributed by atoms with Crippen molar-refractivity contribution in [3.8, 4) is 78.6 Å². The van der Waals surface area contributed by atoms with E-state index in [-0.39, 0.29) is 29.7 Å². The first kappa shape index (κ1) is 57.6. The maximum Gasteiger partial charge on any atom is 0.256 e. The fourth-order valence-electron chi connectivity index (χ4n) is 17.5. The highest BCUT2D eigenvalue weighted by Crippen LogP contribution is 2.65. The molecule has 19 rings (SSSR count). The van der Waals surface area contributed by atoms with Gasteiger partial charge in [-0.3, -0.25) is 0 Å². The number of nitrogens with zero attached hydrogens (tertiary/aromatic N) is 2. The van der Waals surface area contributed by atoms with Crippen molar-refractivity contribution in [2.24, 2.45) is 0 Å². The molecule has 0 N–H and O–H groups in total. The minimum Gasteiger partial charge on any atom is -0.458 e. The van der Waals surface area contributed by atoms with Crippen molar-refractivity contribution in [1.82, 2.24) is 0 Å². The molecule has 0 saturated carbocycles. The van der Waals surface area contributed by atoms with E-state index in [9.17, 15) is 0 Å². The van der Waals surface area contributed by atoms with E-state index >= 15 is 0 Å². The van der Waals surface area contributed by atoms with Crippen molar-refractivity contribution >= 4 is 80.3 Å². The molecule has 4 heterocycles. The number of para-hydroxylation sites is 2. The molecule has 0 aromatic heterocycles. The molecular formula is C91H72B2N2O2. The van der Waals surface area contributed by atoms with Crippen LogP contribution in [0.15, 0.2) is 273 Å². The van der Waals surface area contributed by atoms with Gasteiger partial charge in [0.2, 0.25) is 0 Å². The maximum atomic E-state index is 7.60. The van der Waals surface area contributed by atoms with Crippen molar-refractivity contribution in [2.75, 3.05) is 9.80 Å². The van der Waals surface area contributed by atoms with Crippen LogP contribution < -0.4 is 52.1 Å². The van der Waals surface area contributed by atoms with Crippen LogP contribution in [0.3, 0.4) is 0 Å². The highest BCUT2D eigenvalue weighted by molar-refractivity contribution is 7.02.